The normalized spacial score (nSPS) is 10.2. The van der Waals surface area contributed by atoms with Crippen LogP contribution in [-0.2, 0) is 0 Å². The molecule has 0 bridgehead atoms. The average molecular weight is 251 g/mol. The van der Waals surface area contributed by atoms with Gasteiger partial charge in [-0.2, -0.15) is 0 Å². The van der Waals surface area contributed by atoms with Gasteiger partial charge in [0.05, 0.1) is 5.69 Å². The van der Waals surface area contributed by atoms with E-state index in [1.807, 2.05) is 0 Å². The summed E-state index contributed by atoms with van der Waals surface area (Å²) in [6.07, 6.45) is 0. The van der Waals surface area contributed by atoms with Crippen LogP contribution in [0.1, 0.15) is 15.4 Å². The van der Waals surface area contributed by atoms with Gasteiger partial charge < -0.3 is 11.1 Å². The molecule has 1 aromatic heterocycles. The van der Waals surface area contributed by atoms with Crippen molar-refractivity contribution in [1.82, 2.24) is 4.98 Å². The van der Waals surface area contributed by atoms with Crippen LogP contribution in [0.5, 0.6) is 0 Å². The van der Waals surface area contributed by atoms with Crippen molar-refractivity contribution in [2.24, 2.45) is 0 Å². The van der Waals surface area contributed by atoms with E-state index in [9.17, 15) is 9.18 Å². The molecule has 0 spiro atoms. The van der Waals surface area contributed by atoms with Crippen molar-refractivity contribution >= 4 is 28.1 Å². The zero-order valence-corrected chi connectivity index (χ0v) is 9.84. The summed E-state index contributed by atoms with van der Waals surface area (Å²) in [5.41, 5.74) is 6.48. The van der Waals surface area contributed by atoms with Crippen LogP contribution >= 0.6 is 11.3 Å². The van der Waals surface area contributed by atoms with Gasteiger partial charge in [-0.25, -0.2) is 9.37 Å². The number of benzene rings is 1. The van der Waals surface area contributed by atoms with E-state index < -0.39 is 5.82 Å². The number of nitrogens with one attached hydrogen (secondary N) is 1. The van der Waals surface area contributed by atoms with E-state index in [4.69, 9.17) is 5.73 Å². The van der Waals surface area contributed by atoms with Gasteiger partial charge in [-0.3, -0.25) is 4.79 Å². The molecule has 0 saturated heterocycles. The van der Waals surface area contributed by atoms with Crippen molar-refractivity contribution in [3.05, 3.63) is 40.7 Å². The zero-order chi connectivity index (χ0) is 12.4. The largest absolute Gasteiger partial charge is 0.375 e. The van der Waals surface area contributed by atoms with Gasteiger partial charge in [-0.15, -0.1) is 0 Å². The first-order chi connectivity index (χ1) is 8.06. The molecule has 0 saturated carbocycles. The van der Waals surface area contributed by atoms with Crippen LogP contribution in [0.2, 0.25) is 0 Å². The molecule has 0 aliphatic carbocycles. The Hall–Kier alpha value is -1.95. The molecule has 1 aromatic carbocycles. The average Bonchev–Trinajstić information content (AvgIpc) is 2.58. The van der Waals surface area contributed by atoms with E-state index in [-0.39, 0.29) is 5.91 Å². The number of nitrogen functional groups attached to an aromatic ring is 1. The molecular formula is C11H10FN3OS. The van der Waals surface area contributed by atoms with Crippen LogP contribution in [0.15, 0.2) is 24.3 Å². The van der Waals surface area contributed by atoms with Crippen LogP contribution in [0.25, 0.3) is 0 Å². The second kappa shape index (κ2) is 4.50. The highest BCUT2D eigenvalue weighted by Crippen LogP contribution is 2.21. The fourth-order valence-electron chi connectivity index (χ4n) is 1.38. The third-order valence-corrected chi connectivity index (χ3v) is 3.09. The van der Waals surface area contributed by atoms with Crippen LogP contribution < -0.4 is 11.1 Å². The number of anilines is 2. The first-order valence-corrected chi connectivity index (χ1v) is 5.68. The van der Waals surface area contributed by atoms with Gasteiger partial charge in [0.1, 0.15) is 10.7 Å². The number of aromatic nitrogens is 1. The predicted molar refractivity (Wildman–Crippen MR) is 65.6 cm³/mol. The topological polar surface area (TPSA) is 68.0 Å². The van der Waals surface area contributed by atoms with Crippen molar-refractivity contribution in [2.45, 2.75) is 6.92 Å². The van der Waals surface area contributed by atoms with E-state index in [0.29, 0.717) is 21.4 Å². The minimum absolute atomic E-state index is 0.331. The first-order valence-electron chi connectivity index (χ1n) is 4.86. The molecule has 0 fully saturated rings. The summed E-state index contributed by atoms with van der Waals surface area (Å²) in [6.45, 7) is 1.70. The molecule has 3 N–H and O–H groups in total. The fourth-order valence-corrected chi connectivity index (χ4v) is 2.11. The van der Waals surface area contributed by atoms with Gasteiger partial charge in [0.25, 0.3) is 5.91 Å². The van der Waals surface area contributed by atoms with Gasteiger partial charge in [0.2, 0.25) is 0 Å². The quantitative estimate of drug-likeness (QED) is 0.861. The molecule has 88 valence electrons. The van der Waals surface area contributed by atoms with Gasteiger partial charge in [0.15, 0.2) is 5.13 Å². The van der Waals surface area contributed by atoms with Crippen molar-refractivity contribution in [3.63, 3.8) is 0 Å². The summed E-state index contributed by atoms with van der Waals surface area (Å²) in [4.78, 5) is 16.2. The lowest BCUT2D eigenvalue weighted by atomic mass is 10.3. The number of carbonyl (C=O) groups is 1. The number of rotatable bonds is 2. The maximum atomic E-state index is 12.9. The summed E-state index contributed by atoms with van der Waals surface area (Å²) >= 11 is 1.11. The Morgan fingerprint density at radius 1 is 1.53 bits per heavy atom. The molecule has 0 unspecified atom stereocenters. The predicted octanol–water partition coefficient (Wildman–Crippen LogP) is 2.43. The highest BCUT2D eigenvalue weighted by atomic mass is 32.1. The summed E-state index contributed by atoms with van der Waals surface area (Å²) in [6, 6.07) is 5.70. The second-order valence-corrected chi connectivity index (χ2v) is 4.46. The number of aryl methyl sites for hydroxylation is 1. The Kier molecular flexibility index (Phi) is 3.06. The van der Waals surface area contributed by atoms with Crippen LogP contribution in [0.3, 0.4) is 0 Å². The minimum Gasteiger partial charge on any atom is -0.375 e. The number of nitrogens with zero attached hydrogens (tertiary/aromatic N) is 1. The molecule has 2 aromatic rings. The highest BCUT2D eigenvalue weighted by Gasteiger charge is 2.14. The van der Waals surface area contributed by atoms with Crippen molar-refractivity contribution in [1.29, 1.82) is 0 Å². The smallest absolute Gasteiger partial charge is 0.267 e. The van der Waals surface area contributed by atoms with Crippen LogP contribution in [-0.4, -0.2) is 10.9 Å². The summed E-state index contributed by atoms with van der Waals surface area (Å²) in [5.74, 6) is -0.731. The molecule has 17 heavy (non-hydrogen) atoms. The minimum atomic E-state index is -0.400. The number of halogens is 1. The van der Waals surface area contributed by atoms with Crippen molar-refractivity contribution in [3.8, 4) is 0 Å². The lowest BCUT2D eigenvalue weighted by molar-refractivity contribution is 0.103. The zero-order valence-electron chi connectivity index (χ0n) is 9.03. The molecule has 0 aliphatic rings. The monoisotopic (exact) mass is 251 g/mol. The van der Waals surface area contributed by atoms with E-state index >= 15 is 0 Å². The number of amides is 1. The Bertz CT molecular complexity index is 568. The van der Waals surface area contributed by atoms with E-state index in [0.717, 1.165) is 11.3 Å². The molecule has 0 atom stereocenters. The fraction of sp³-hybridized carbons (Fsp3) is 0.0909. The second-order valence-electron chi connectivity index (χ2n) is 3.43. The first kappa shape index (κ1) is 11.5. The number of thiazole rings is 1. The molecule has 0 radical (unpaired) electrons. The number of hydrogen-bond donors (Lipinski definition) is 2. The molecule has 1 amide bonds. The van der Waals surface area contributed by atoms with Crippen molar-refractivity contribution < 1.29 is 9.18 Å². The number of hydrogen-bond acceptors (Lipinski definition) is 4. The van der Waals surface area contributed by atoms with E-state index in [2.05, 4.69) is 10.3 Å². The Morgan fingerprint density at radius 3 is 2.88 bits per heavy atom. The number of nitrogens with two attached hydrogens (primary N) is 1. The molecule has 2 rings (SSSR count). The van der Waals surface area contributed by atoms with Gasteiger partial charge in [-0.05, 0) is 25.1 Å². The highest BCUT2D eigenvalue weighted by molar-refractivity contribution is 7.17. The third-order valence-electron chi connectivity index (χ3n) is 2.10. The molecule has 6 heteroatoms. The SMILES string of the molecule is Cc1nc(N)sc1C(=O)Nc1cccc(F)c1. The maximum Gasteiger partial charge on any atom is 0.267 e. The lowest BCUT2D eigenvalue weighted by Gasteiger charge is -2.03. The van der Waals surface area contributed by atoms with E-state index in [1.54, 1.807) is 13.0 Å². The molecular weight excluding hydrogens is 241 g/mol. The molecule has 1 heterocycles. The van der Waals surface area contributed by atoms with Crippen molar-refractivity contribution in [2.75, 3.05) is 11.1 Å². The summed E-state index contributed by atoms with van der Waals surface area (Å²) < 4.78 is 12.9. The number of carbonyl (C=O) groups excluding carboxylic acids is 1. The standard InChI is InChI=1S/C11H10FN3OS/c1-6-9(17-11(13)14-6)10(16)15-8-4-2-3-7(12)5-8/h2-5H,1H3,(H2,13,14)(H,15,16). The lowest BCUT2D eigenvalue weighted by Crippen LogP contribution is -2.11. The van der Waals surface area contributed by atoms with Gasteiger partial charge in [-0.1, -0.05) is 17.4 Å². The summed E-state index contributed by atoms with van der Waals surface area (Å²) in [7, 11) is 0. The van der Waals surface area contributed by atoms with Crippen LogP contribution in [0.4, 0.5) is 15.2 Å². The van der Waals surface area contributed by atoms with Gasteiger partial charge in [0, 0.05) is 5.69 Å². The Balaban J connectivity index is 2.20. The van der Waals surface area contributed by atoms with E-state index in [1.165, 1.54) is 18.2 Å². The third kappa shape index (κ3) is 2.59. The van der Waals surface area contributed by atoms with Gasteiger partial charge >= 0.3 is 0 Å². The summed E-state index contributed by atoms with van der Waals surface area (Å²) in [5, 5.41) is 2.93. The Labute approximate surface area is 101 Å². The molecule has 4 nitrogen and oxygen atoms in total. The maximum absolute atomic E-state index is 12.9. The van der Waals surface area contributed by atoms with Crippen LogP contribution in [0, 0.1) is 12.7 Å². The molecule has 0 aliphatic heterocycles. The Morgan fingerprint density at radius 2 is 2.29 bits per heavy atom.